The largest absolute Gasteiger partial charge is 0.472 e. The minimum atomic E-state index is -4.96. The third-order valence-electron chi connectivity index (χ3n) is 17.2. The molecule has 0 rings (SSSR count). The summed E-state index contributed by atoms with van der Waals surface area (Å²) >= 11 is 0. The third kappa shape index (κ3) is 69.8. The molecule has 560 valence electrons. The maximum atomic E-state index is 13.1. The predicted octanol–water partition coefficient (Wildman–Crippen LogP) is 22.0. The van der Waals surface area contributed by atoms with Crippen LogP contribution < -0.4 is 0 Å². The lowest BCUT2D eigenvalue weighted by molar-refractivity contribution is -0.161. The number of phosphoric acid groups is 2. The molecule has 0 spiro atoms. The van der Waals surface area contributed by atoms with Crippen molar-refractivity contribution in [2.45, 2.75) is 393 Å². The highest BCUT2D eigenvalue weighted by atomic mass is 31.2. The zero-order valence-corrected chi connectivity index (χ0v) is 63.1. The van der Waals surface area contributed by atoms with E-state index in [1.807, 2.05) is 0 Å². The van der Waals surface area contributed by atoms with E-state index in [1.54, 1.807) is 0 Å². The Kier molecular flexibility index (Phi) is 66.9. The molecule has 17 nitrogen and oxygen atoms in total. The van der Waals surface area contributed by atoms with Crippen LogP contribution in [0.2, 0.25) is 0 Å². The normalized spacial score (nSPS) is 14.1. The Morgan fingerprint density at radius 2 is 0.568 bits per heavy atom. The molecule has 0 radical (unpaired) electrons. The van der Waals surface area contributed by atoms with Crippen LogP contribution in [0.4, 0.5) is 0 Å². The third-order valence-corrected chi connectivity index (χ3v) is 19.1. The van der Waals surface area contributed by atoms with Crippen LogP contribution >= 0.6 is 15.6 Å². The van der Waals surface area contributed by atoms with Gasteiger partial charge in [0.05, 0.1) is 26.4 Å². The number of aliphatic hydroxyl groups excluding tert-OH is 1. The molecule has 0 aliphatic rings. The van der Waals surface area contributed by atoms with Crippen molar-refractivity contribution in [3.63, 3.8) is 0 Å². The minimum Gasteiger partial charge on any atom is -0.462 e. The summed E-state index contributed by atoms with van der Waals surface area (Å²) in [6.45, 7) is 7.15. The highest BCUT2D eigenvalue weighted by Gasteiger charge is 2.30. The lowest BCUT2D eigenvalue weighted by Gasteiger charge is -2.21. The number of esters is 4. The molecule has 0 amide bonds. The summed E-state index contributed by atoms with van der Waals surface area (Å²) < 4.78 is 68.3. The molecular weight excluding hydrogens is 1250 g/mol. The first kappa shape index (κ1) is 92.5. The van der Waals surface area contributed by atoms with Crippen LogP contribution in [0, 0.1) is 5.92 Å². The molecule has 19 heteroatoms. The second-order valence-corrected chi connectivity index (χ2v) is 30.1. The first-order chi connectivity index (χ1) is 46.0. The minimum absolute atomic E-state index is 0.102. The Hall–Kier alpha value is -2.46. The first-order valence-corrected chi connectivity index (χ1v) is 41.9. The number of hydrogen-bond acceptors (Lipinski definition) is 15. The monoisotopic (exact) mass is 1390 g/mol. The van der Waals surface area contributed by atoms with Gasteiger partial charge in [-0.15, -0.1) is 0 Å². The van der Waals surface area contributed by atoms with Crippen LogP contribution in [0.15, 0.2) is 24.3 Å². The van der Waals surface area contributed by atoms with E-state index in [0.717, 1.165) is 128 Å². The average Bonchev–Trinajstić information content (AvgIpc) is 1.70. The van der Waals surface area contributed by atoms with Crippen LogP contribution in [0.5, 0.6) is 0 Å². The number of ether oxygens (including phenoxy) is 4. The Morgan fingerprint density at radius 3 is 0.863 bits per heavy atom. The Bertz CT molecular complexity index is 1920. The summed E-state index contributed by atoms with van der Waals surface area (Å²) in [4.78, 5) is 72.6. The number of aliphatic hydroxyl groups is 1. The second-order valence-electron chi connectivity index (χ2n) is 27.2. The summed E-state index contributed by atoms with van der Waals surface area (Å²) in [5, 5.41) is 10.6. The van der Waals surface area contributed by atoms with Gasteiger partial charge in [0, 0.05) is 25.7 Å². The number of hydrogen-bond donors (Lipinski definition) is 3. The smallest absolute Gasteiger partial charge is 0.462 e. The van der Waals surface area contributed by atoms with E-state index < -0.39 is 97.5 Å². The SMILES string of the molecule is CCCCCC/C=C\C=C/CCCCCCCC(=O)OC[C@H](COP(=O)(O)OC[C@@H](O)COP(=O)(O)OC[C@@H](COC(=O)CCCCCCCCC)OC(=O)CCCCCCCCCCCC(C)C)OC(=O)CCCCCCCCCCCCCCCCCCCCCCC. The molecule has 0 saturated heterocycles. The van der Waals surface area contributed by atoms with Crippen LogP contribution in [0.3, 0.4) is 0 Å². The van der Waals surface area contributed by atoms with Crippen molar-refractivity contribution < 1.29 is 80.2 Å². The van der Waals surface area contributed by atoms with Crippen LogP contribution in [0.25, 0.3) is 0 Å². The molecule has 0 bridgehead atoms. The summed E-state index contributed by atoms with van der Waals surface area (Å²) in [5.41, 5.74) is 0. The number of carbonyl (C=O) groups is 4. The molecule has 95 heavy (non-hydrogen) atoms. The van der Waals surface area contributed by atoms with Crippen molar-refractivity contribution in [3.8, 4) is 0 Å². The van der Waals surface area contributed by atoms with Crippen molar-refractivity contribution in [2.24, 2.45) is 5.92 Å². The Labute approximate surface area is 580 Å². The van der Waals surface area contributed by atoms with E-state index in [4.69, 9.17) is 37.0 Å². The molecule has 0 aliphatic heterocycles. The van der Waals surface area contributed by atoms with E-state index in [1.165, 1.54) is 167 Å². The van der Waals surface area contributed by atoms with Crippen molar-refractivity contribution in [1.29, 1.82) is 0 Å². The van der Waals surface area contributed by atoms with Crippen molar-refractivity contribution in [3.05, 3.63) is 24.3 Å². The van der Waals surface area contributed by atoms with Crippen LogP contribution in [0.1, 0.15) is 375 Å². The quantitative estimate of drug-likeness (QED) is 0.0169. The molecule has 0 aromatic rings. The van der Waals surface area contributed by atoms with E-state index in [9.17, 15) is 43.2 Å². The summed E-state index contributed by atoms with van der Waals surface area (Å²) in [6, 6.07) is 0. The fourth-order valence-corrected chi connectivity index (χ4v) is 12.7. The highest BCUT2D eigenvalue weighted by molar-refractivity contribution is 7.47. The predicted molar refractivity (Wildman–Crippen MR) is 386 cm³/mol. The highest BCUT2D eigenvalue weighted by Crippen LogP contribution is 2.45. The van der Waals surface area contributed by atoms with Gasteiger partial charge in [-0.2, -0.15) is 0 Å². The maximum absolute atomic E-state index is 13.1. The number of carbonyl (C=O) groups excluding carboxylic acids is 4. The van der Waals surface area contributed by atoms with Gasteiger partial charge in [-0.3, -0.25) is 37.3 Å². The van der Waals surface area contributed by atoms with E-state index in [2.05, 4.69) is 58.9 Å². The zero-order chi connectivity index (χ0) is 69.8. The molecule has 0 aromatic heterocycles. The molecule has 0 heterocycles. The van der Waals surface area contributed by atoms with Gasteiger partial charge in [-0.25, -0.2) is 9.13 Å². The molecule has 2 unspecified atom stereocenters. The molecule has 0 fully saturated rings. The molecule has 5 atom stereocenters. The zero-order valence-electron chi connectivity index (χ0n) is 61.3. The molecule has 3 N–H and O–H groups in total. The van der Waals surface area contributed by atoms with Gasteiger partial charge in [0.2, 0.25) is 0 Å². The topological polar surface area (TPSA) is 237 Å². The van der Waals surface area contributed by atoms with Crippen LogP contribution in [-0.2, 0) is 65.4 Å². The van der Waals surface area contributed by atoms with Gasteiger partial charge in [0.25, 0.3) is 0 Å². The summed E-state index contributed by atoms with van der Waals surface area (Å²) in [6.07, 6.45) is 60.8. The standard InChI is InChI=1S/C76H144O17P2/c1-6-9-12-15-18-20-22-24-26-27-28-29-30-31-33-35-37-41-46-51-56-61-75(80)93-72(66-87-74(79)60-55-50-45-40-36-34-32-25-23-21-19-16-13-10-7-2)68-91-95(84,85)89-64-70(77)63-88-94(82,83)90-67-71(65-86-73(78)59-54-49-43-17-14-11-8-3)92-76(81)62-57-52-47-42-38-39-44-48-53-58-69(4)5/h21,23,25,32,69-72,77H,6-20,22,24,26-31,33-68H2,1-5H3,(H,82,83)(H,84,85)/b23-21-,32-25-/t70-,71+,72+/m0/s1. The van der Waals surface area contributed by atoms with E-state index in [-0.39, 0.29) is 25.7 Å². The lowest BCUT2D eigenvalue weighted by atomic mass is 10.0. The van der Waals surface area contributed by atoms with Gasteiger partial charge in [0.1, 0.15) is 19.3 Å². The first-order valence-electron chi connectivity index (χ1n) is 39.0. The summed E-state index contributed by atoms with van der Waals surface area (Å²) in [5.74, 6) is -1.42. The van der Waals surface area contributed by atoms with E-state index in [0.29, 0.717) is 25.7 Å². The average molecular weight is 1390 g/mol. The molecule has 0 aliphatic carbocycles. The number of phosphoric ester groups is 2. The van der Waals surface area contributed by atoms with Gasteiger partial charge in [-0.05, 0) is 57.3 Å². The molecular formula is C76H144O17P2. The summed E-state index contributed by atoms with van der Waals surface area (Å²) in [7, 11) is -9.91. The maximum Gasteiger partial charge on any atom is 0.472 e. The second kappa shape index (κ2) is 68.7. The Balaban J connectivity index is 5.20. The fourth-order valence-electron chi connectivity index (χ4n) is 11.2. The van der Waals surface area contributed by atoms with E-state index >= 15 is 0 Å². The van der Waals surface area contributed by atoms with Crippen LogP contribution in [-0.4, -0.2) is 96.7 Å². The molecule has 0 saturated carbocycles. The van der Waals surface area contributed by atoms with Gasteiger partial charge in [0.15, 0.2) is 12.2 Å². The van der Waals surface area contributed by atoms with Crippen molar-refractivity contribution in [2.75, 3.05) is 39.6 Å². The number of allylic oxidation sites excluding steroid dienone is 4. The number of unbranched alkanes of at least 4 members (excludes halogenated alkanes) is 43. The van der Waals surface area contributed by atoms with Gasteiger partial charge >= 0.3 is 39.5 Å². The molecule has 0 aromatic carbocycles. The fraction of sp³-hybridized carbons (Fsp3) is 0.895. The number of rotatable bonds is 74. The van der Waals surface area contributed by atoms with Gasteiger partial charge < -0.3 is 33.8 Å². The Morgan fingerprint density at radius 1 is 0.326 bits per heavy atom. The lowest BCUT2D eigenvalue weighted by Crippen LogP contribution is -2.30. The van der Waals surface area contributed by atoms with Crippen molar-refractivity contribution >= 4 is 39.5 Å². The van der Waals surface area contributed by atoms with Gasteiger partial charge in [-0.1, -0.05) is 322 Å². The van der Waals surface area contributed by atoms with Crippen molar-refractivity contribution in [1.82, 2.24) is 0 Å².